The van der Waals surface area contributed by atoms with Crippen LogP contribution in [0.25, 0.3) is 5.65 Å². The predicted octanol–water partition coefficient (Wildman–Crippen LogP) is 2.47. The molecule has 4 heterocycles. The molecule has 1 atom stereocenters. The van der Waals surface area contributed by atoms with Gasteiger partial charge < -0.3 is 14.5 Å². The van der Waals surface area contributed by atoms with Gasteiger partial charge >= 0.3 is 0 Å². The standard InChI is InChI=1S/C23H24N4O3/c28-22-14-17(24-21-10-4-7-13-27(21)22)15-26-16-20(23(29)25-11-5-1-6-12-25)30-19-9-3-2-8-18(19)26/h2-4,7-10,13-14,20H,1,5-6,11-12,15-16H2. The molecule has 2 aliphatic rings. The van der Waals surface area contributed by atoms with Crippen LogP contribution in [0.2, 0.25) is 0 Å². The smallest absolute Gasteiger partial charge is 0.265 e. The number of fused-ring (bicyclic) bond motifs is 2. The molecule has 1 unspecified atom stereocenters. The molecule has 154 valence electrons. The van der Waals surface area contributed by atoms with Crippen LogP contribution in [0.1, 0.15) is 25.0 Å². The van der Waals surface area contributed by atoms with E-state index in [1.807, 2.05) is 47.4 Å². The van der Waals surface area contributed by atoms with Crippen LogP contribution in [0.15, 0.2) is 59.5 Å². The number of carbonyl (C=O) groups is 1. The summed E-state index contributed by atoms with van der Waals surface area (Å²) in [6.07, 6.45) is 4.42. The van der Waals surface area contributed by atoms with E-state index in [1.165, 1.54) is 10.8 Å². The molecule has 2 aliphatic heterocycles. The number of rotatable bonds is 3. The second-order valence-corrected chi connectivity index (χ2v) is 7.86. The second kappa shape index (κ2) is 7.82. The van der Waals surface area contributed by atoms with E-state index in [0.717, 1.165) is 31.6 Å². The largest absolute Gasteiger partial charge is 0.477 e. The Morgan fingerprint density at radius 1 is 1.07 bits per heavy atom. The lowest BCUT2D eigenvalue weighted by Crippen LogP contribution is -2.51. The first-order chi connectivity index (χ1) is 14.7. The van der Waals surface area contributed by atoms with Crippen molar-refractivity contribution in [2.24, 2.45) is 0 Å². The van der Waals surface area contributed by atoms with Gasteiger partial charge in [-0.2, -0.15) is 0 Å². The first kappa shape index (κ1) is 18.7. The third kappa shape index (κ3) is 3.51. The lowest BCUT2D eigenvalue weighted by Gasteiger charge is -2.38. The van der Waals surface area contributed by atoms with Gasteiger partial charge in [0.1, 0.15) is 11.4 Å². The molecule has 1 amide bonds. The molecule has 7 heteroatoms. The van der Waals surface area contributed by atoms with E-state index in [1.54, 1.807) is 12.3 Å². The number of para-hydroxylation sites is 2. The Bertz CT molecular complexity index is 1140. The first-order valence-electron chi connectivity index (χ1n) is 10.5. The molecule has 5 rings (SSSR count). The minimum absolute atomic E-state index is 0.0424. The minimum Gasteiger partial charge on any atom is -0.477 e. The topological polar surface area (TPSA) is 67.2 Å². The Labute approximate surface area is 174 Å². The molecule has 0 aliphatic carbocycles. The molecule has 0 saturated carbocycles. The van der Waals surface area contributed by atoms with Crippen LogP contribution >= 0.6 is 0 Å². The van der Waals surface area contributed by atoms with Crippen molar-refractivity contribution < 1.29 is 9.53 Å². The fourth-order valence-corrected chi connectivity index (χ4v) is 4.28. The molecule has 3 aromatic rings. The van der Waals surface area contributed by atoms with Gasteiger partial charge in [-0.05, 0) is 43.5 Å². The molecule has 1 saturated heterocycles. The lowest BCUT2D eigenvalue weighted by molar-refractivity contribution is -0.139. The maximum Gasteiger partial charge on any atom is 0.265 e. The number of ether oxygens (including phenoxy) is 1. The maximum atomic E-state index is 13.1. The van der Waals surface area contributed by atoms with Gasteiger partial charge in [0, 0.05) is 25.4 Å². The number of benzene rings is 1. The van der Waals surface area contributed by atoms with E-state index in [0.29, 0.717) is 30.2 Å². The zero-order valence-corrected chi connectivity index (χ0v) is 16.7. The van der Waals surface area contributed by atoms with Crippen molar-refractivity contribution in [2.45, 2.75) is 31.9 Å². The number of pyridine rings is 1. The van der Waals surface area contributed by atoms with Crippen LogP contribution in [0, 0.1) is 0 Å². The van der Waals surface area contributed by atoms with Crippen LogP contribution in [0.5, 0.6) is 5.75 Å². The summed E-state index contributed by atoms with van der Waals surface area (Å²) < 4.78 is 7.62. The summed E-state index contributed by atoms with van der Waals surface area (Å²) in [6.45, 7) is 2.46. The number of piperidine rings is 1. The quantitative estimate of drug-likeness (QED) is 0.671. The minimum atomic E-state index is -0.556. The van der Waals surface area contributed by atoms with Crippen molar-refractivity contribution >= 4 is 17.2 Å². The average Bonchev–Trinajstić information content (AvgIpc) is 2.79. The molecule has 2 aromatic heterocycles. The van der Waals surface area contributed by atoms with Gasteiger partial charge in [0.2, 0.25) is 0 Å². The van der Waals surface area contributed by atoms with Crippen LogP contribution < -0.4 is 15.2 Å². The van der Waals surface area contributed by atoms with E-state index < -0.39 is 6.10 Å². The lowest BCUT2D eigenvalue weighted by atomic mass is 10.1. The average molecular weight is 404 g/mol. The predicted molar refractivity (Wildman–Crippen MR) is 114 cm³/mol. The Morgan fingerprint density at radius 3 is 2.73 bits per heavy atom. The highest BCUT2D eigenvalue weighted by Gasteiger charge is 2.34. The van der Waals surface area contributed by atoms with Crippen LogP contribution in [-0.2, 0) is 11.3 Å². The molecule has 0 radical (unpaired) electrons. The van der Waals surface area contributed by atoms with Crippen molar-refractivity contribution in [3.8, 4) is 5.75 Å². The summed E-state index contributed by atoms with van der Waals surface area (Å²) in [5.74, 6) is 0.734. The Morgan fingerprint density at radius 2 is 1.87 bits per heavy atom. The highest BCUT2D eigenvalue weighted by Crippen LogP contribution is 2.34. The number of carbonyl (C=O) groups excluding carboxylic acids is 1. The Balaban J connectivity index is 1.44. The number of nitrogens with zero attached hydrogens (tertiary/aromatic N) is 4. The molecule has 0 spiro atoms. The third-order valence-corrected chi connectivity index (χ3v) is 5.78. The second-order valence-electron chi connectivity index (χ2n) is 7.86. The molecule has 0 N–H and O–H groups in total. The van der Waals surface area contributed by atoms with Crippen LogP contribution in [0.4, 0.5) is 5.69 Å². The van der Waals surface area contributed by atoms with E-state index >= 15 is 0 Å². The van der Waals surface area contributed by atoms with Gasteiger partial charge in [0.25, 0.3) is 11.5 Å². The van der Waals surface area contributed by atoms with Gasteiger partial charge in [-0.1, -0.05) is 18.2 Å². The molecule has 7 nitrogen and oxygen atoms in total. The fourth-order valence-electron chi connectivity index (χ4n) is 4.28. The fraction of sp³-hybridized carbons (Fsp3) is 0.348. The zero-order valence-electron chi connectivity index (χ0n) is 16.7. The van der Waals surface area contributed by atoms with Gasteiger partial charge in [-0.3, -0.25) is 14.0 Å². The summed E-state index contributed by atoms with van der Waals surface area (Å²) >= 11 is 0. The van der Waals surface area contributed by atoms with Crippen molar-refractivity contribution in [1.82, 2.24) is 14.3 Å². The molecule has 1 fully saturated rings. The Hall–Kier alpha value is -3.35. The monoisotopic (exact) mass is 404 g/mol. The van der Waals surface area contributed by atoms with E-state index in [-0.39, 0.29) is 11.5 Å². The highest BCUT2D eigenvalue weighted by molar-refractivity contribution is 5.83. The molecule has 1 aromatic carbocycles. The van der Waals surface area contributed by atoms with Crippen LogP contribution in [0.3, 0.4) is 0 Å². The van der Waals surface area contributed by atoms with E-state index in [9.17, 15) is 9.59 Å². The zero-order chi connectivity index (χ0) is 20.5. The SMILES string of the molecule is O=C(C1CN(Cc2cc(=O)n3ccccc3n2)c2ccccc2O1)N1CCCCC1. The summed E-state index contributed by atoms with van der Waals surface area (Å²) in [5, 5.41) is 0. The molecular weight excluding hydrogens is 380 g/mol. The number of aromatic nitrogens is 2. The number of amides is 1. The van der Waals surface area contributed by atoms with Crippen molar-refractivity contribution in [3.63, 3.8) is 0 Å². The normalized spacial score (nSPS) is 18.7. The van der Waals surface area contributed by atoms with Crippen LogP contribution in [-0.4, -0.2) is 45.9 Å². The van der Waals surface area contributed by atoms with Crippen molar-refractivity contribution in [3.05, 3.63) is 70.8 Å². The third-order valence-electron chi connectivity index (χ3n) is 5.78. The van der Waals surface area contributed by atoms with Crippen molar-refractivity contribution in [2.75, 3.05) is 24.5 Å². The number of likely N-dealkylation sites (tertiary alicyclic amines) is 1. The molecule has 30 heavy (non-hydrogen) atoms. The summed E-state index contributed by atoms with van der Waals surface area (Å²) in [7, 11) is 0. The molecular formula is C23H24N4O3. The van der Waals surface area contributed by atoms with Gasteiger partial charge in [0.05, 0.1) is 24.5 Å². The maximum absolute atomic E-state index is 13.1. The summed E-state index contributed by atoms with van der Waals surface area (Å²) in [6, 6.07) is 14.8. The number of hydrogen-bond donors (Lipinski definition) is 0. The van der Waals surface area contributed by atoms with Gasteiger partial charge in [-0.15, -0.1) is 0 Å². The van der Waals surface area contributed by atoms with E-state index in [4.69, 9.17) is 4.74 Å². The van der Waals surface area contributed by atoms with Gasteiger partial charge in [0.15, 0.2) is 6.10 Å². The van der Waals surface area contributed by atoms with Crippen molar-refractivity contribution in [1.29, 1.82) is 0 Å². The number of anilines is 1. The highest BCUT2D eigenvalue weighted by atomic mass is 16.5. The summed E-state index contributed by atoms with van der Waals surface area (Å²) in [5.41, 5.74) is 2.09. The van der Waals surface area contributed by atoms with Gasteiger partial charge in [-0.25, -0.2) is 4.98 Å². The number of hydrogen-bond acceptors (Lipinski definition) is 5. The Kier molecular flexibility index (Phi) is 4.86. The summed E-state index contributed by atoms with van der Waals surface area (Å²) in [4.78, 5) is 34.2. The first-order valence-corrected chi connectivity index (χ1v) is 10.5. The molecule has 0 bridgehead atoms. The van der Waals surface area contributed by atoms with E-state index in [2.05, 4.69) is 9.88 Å².